The molecule has 0 fully saturated rings. The van der Waals surface area contributed by atoms with E-state index in [1.807, 2.05) is 0 Å². The molecule has 98 valence electrons. The summed E-state index contributed by atoms with van der Waals surface area (Å²) in [4.78, 5) is 13.5. The van der Waals surface area contributed by atoms with Gasteiger partial charge in [0, 0.05) is 22.8 Å². The fraction of sp³-hybridized carbons (Fsp3) is 0. The van der Waals surface area contributed by atoms with Crippen LogP contribution < -0.4 is 4.74 Å². The minimum Gasteiger partial charge on any atom is -0.448 e. The predicted octanol–water partition coefficient (Wildman–Crippen LogP) is 3.82. The van der Waals surface area contributed by atoms with Gasteiger partial charge in [0.05, 0.1) is 11.1 Å². The lowest BCUT2D eigenvalue weighted by Gasteiger charge is -2.06. The number of nitro groups is 1. The molecule has 0 aliphatic rings. The van der Waals surface area contributed by atoms with E-state index in [2.05, 4.69) is 20.9 Å². The van der Waals surface area contributed by atoms with Gasteiger partial charge in [0.15, 0.2) is 0 Å². The first-order chi connectivity index (χ1) is 8.97. The van der Waals surface area contributed by atoms with Gasteiger partial charge in [0.1, 0.15) is 11.6 Å². The summed E-state index contributed by atoms with van der Waals surface area (Å²) in [5.74, 6) is -2.69. The summed E-state index contributed by atoms with van der Waals surface area (Å²) < 4.78 is 32.1. The van der Waals surface area contributed by atoms with Crippen LogP contribution >= 0.6 is 15.9 Å². The van der Waals surface area contributed by atoms with E-state index in [0.717, 1.165) is 6.07 Å². The van der Waals surface area contributed by atoms with E-state index in [1.54, 1.807) is 0 Å². The van der Waals surface area contributed by atoms with E-state index in [-0.39, 0.29) is 5.75 Å². The summed E-state index contributed by atoms with van der Waals surface area (Å²) >= 11 is 3.13. The second-order valence-electron chi connectivity index (χ2n) is 3.43. The van der Waals surface area contributed by atoms with Gasteiger partial charge >= 0.3 is 5.69 Å². The molecule has 0 radical (unpaired) electrons. The average Bonchev–Trinajstić information content (AvgIpc) is 2.26. The molecular weight excluding hydrogens is 326 g/mol. The molecule has 2 rings (SSSR count). The summed E-state index contributed by atoms with van der Waals surface area (Å²) in [6.45, 7) is 0. The van der Waals surface area contributed by atoms with Gasteiger partial charge < -0.3 is 4.74 Å². The smallest absolute Gasteiger partial charge is 0.347 e. The summed E-state index contributed by atoms with van der Waals surface area (Å²) in [5, 5.41) is 10.7. The van der Waals surface area contributed by atoms with E-state index in [1.165, 1.54) is 18.5 Å². The molecule has 0 unspecified atom stereocenters. The predicted molar refractivity (Wildman–Crippen MR) is 65.0 cm³/mol. The maximum Gasteiger partial charge on any atom is 0.347 e. The molecule has 19 heavy (non-hydrogen) atoms. The van der Waals surface area contributed by atoms with Crippen LogP contribution in [0.3, 0.4) is 0 Å². The highest BCUT2D eigenvalue weighted by Gasteiger charge is 2.24. The molecule has 8 heteroatoms. The first kappa shape index (κ1) is 13.3. The minimum atomic E-state index is -1.30. The second kappa shape index (κ2) is 5.27. The van der Waals surface area contributed by atoms with Gasteiger partial charge in [-0.05, 0) is 22.0 Å². The number of pyridine rings is 1. The highest BCUT2D eigenvalue weighted by Crippen LogP contribution is 2.34. The van der Waals surface area contributed by atoms with Crippen LogP contribution in [0.25, 0.3) is 0 Å². The lowest BCUT2D eigenvalue weighted by atomic mass is 10.2. The van der Waals surface area contributed by atoms with Gasteiger partial charge in [-0.25, -0.2) is 4.39 Å². The molecule has 2 aromatic rings. The molecule has 1 aromatic heterocycles. The fourth-order valence-corrected chi connectivity index (χ4v) is 1.72. The van der Waals surface area contributed by atoms with Crippen LogP contribution in [0.5, 0.6) is 11.5 Å². The van der Waals surface area contributed by atoms with Crippen LogP contribution in [0.2, 0.25) is 0 Å². The van der Waals surface area contributed by atoms with Crippen LogP contribution in [-0.4, -0.2) is 9.91 Å². The van der Waals surface area contributed by atoms with E-state index in [9.17, 15) is 18.9 Å². The van der Waals surface area contributed by atoms with E-state index >= 15 is 0 Å². The highest BCUT2D eigenvalue weighted by molar-refractivity contribution is 9.10. The Kier molecular flexibility index (Phi) is 3.70. The summed E-state index contributed by atoms with van der Waals surface area (Å²) in [7, 11) is 0. The molecule has 1 heterocycles. The number of nitrogens with zero attached hydrogens (tertiary/aromatic N) is 2. The van der Waals surface area contributed by atoms with Crippen molar-refractivity contribution in [2.45, 2.75) is 0 Å². The van der Waals surface area contributed by atoms with Gasteiger partial charge in [-0.1, -0.05) is 0 Å². The minimum absolute atomic E-state index is 0.113. The first-order valence-corrected chi connectivity index (χ1v) is 5.68. The summed E-state index contributed by atoms with van der Waals surface area (Å²) in [5.41, 5.74) is -0.929. The van der Waals surface area contributed by atoms with Crippen LogP contribution in [0.4, 0.5) is 14.5 Å². The molecular formula is C11H5BrF2N2O3. The van der Waals surface area contributed by atoms with Crippen molar-refractivity contribution in [2.24, 2.45) is 0 Å². The quantitative estimate of drug-likeness (QED) is 0.633. The molecule has 0 atom stereocenters. The molecule has 0 bridgehead atoms. The molecule has 5 nitrogen and oxygen atoms in total. The Morgan fingerprint density at radius 3 is 2.63 bits per heavy atom. The van der Waals surface area contributed by atoms with Crippen LogP contribution in [0.1, 0.15) is 0 Å². The Morgan fingerprint density at radius 2 is 2.00 bits per heavy atom. The average molecular weight is 331 g/mol. The fourth-order valence-electron chi connectivity index (χ4n) is 1.37. The SMILES string of the molecule is O=[N+]([O-])c1c(F)cc(F)cc1Oc1cncc(Br)c1. The molecule has 0 spiro atoms. The van der Waals surface area contributed by atoms with Gasteiger partial charge in [-0.15, -0.1) is 0 Å². The molecule has 0 aliphatic heterocycles. The standard InChI is InChI=1S/C11H5BrF2N2O3/c12-6-1-8(5-15-4-6)19-10-3-7(13)2-9(14)11(10)16(17)18/h1-5H. The second-order valence-corrected chi connectivity index (χ2v) is 4.35. The van der Waals surface area contributed by atoms with Crippen LogP contribution in [0, 0.1) is 21.7 Å². The molecule has 1 aromatic carbocycles. The van der Waals surface area contributed by atoms with E-state index in [0.29, 0.717) is 10.5 Å². The van der Waals surface area contributed by atoms with Crippen LogP contribution in [0.15, 0.2) is 35.1 Å². The van der Waals surface area contributed by atoms with Crippen molar-refractivity contribution in [1.29, 1.82) is 0 Å². The van der Waals surface area contributed by atoms with Crippen molar-refractivity contribution < 1.29 is 18.4 Å². The first-order valence-electron chi connectivity index (χ1n) is 4.89. The van der Waals surface area contributed by atoms with Crippen molar-refractivity contribution in [3.05, 3.63) is 56.8 Å². The maximum atomic E-state index is 13.4. The third-order valence-corrected chi connectivity index (χ3v) is 2.52. The molecule has 0 saturated carbocycles. The zero-order chi connectivity index (χ0) is 14.0. The Balaban J connectivity index is 2.47. The number of halogens is 3. The lowest BCUT2D eigenvalue weighted by Crippen LogP contribution is -1.98. The molecule has 0 saturated heterocycles. The van der Waals surface area contributed by atoms with Gasteiger partial charge in [0.25, 0.3) is 0 Å². The molecule has 0 amide bonds. The zero-order valence-corrected chi connectivity index (χ0v) is 10.7. The van der Waals surface area contributed by atoms with Crippen LogP contribution in [-0.2, 0) is 0 Å². The zero-order valence-electron chi connectivity index (χ0n) is 9.14. The Hall–Kier alpha value is -2.09. The van der Waals surface area contributed by atoms with Gasteiger partial charge in [0.2, 0.25) is 11.6 Å². The number of benzene rings is 1. The Bertz CT molecular complexity index is 652. The largest absolute Gasteiger partial charge is 0.448 e. The number of aromatic nitrogens is 1. The lowest BCUT2D eigenvalue weighted by molar-refractivity contribution is -0.388. The summed E-state index contributed by atoms with van der Waals surface area (Å²) in [6, 6.07) is 2.62. The molecule has 0 N–H and O–H groups in total. The number of ether oxygens (including phenoxy) is 1. The highest BCUT2D eigenvalue weighted by atomic mass is 79.9. The van der Waals surface area contributed by atoms with Gasteiger partial charge in [-0.3, -0.25) is 15.1 Å². The van der Waals surface area contributed by atoms with Crippen molar-refractivity contribution in [2.75, 3.05) is 0 Å². The maximum absolute atomic E-state index is 13.4. The number of hydrogen-bond donors (Lipinski definition) is 0. The van der Waals surface area contributed by atoms with Crippen molar-refractivity contribution in [3.63, 3.8) is 0 Å². The Morgan fingerprint density at radius 1 is 1.26 bits per heavy atom. The molecule has 0 aliphatic carbocycles. The monoisotopic (exact) mass is 330 g/mol. The van der Waals surface area contributed by atoms with E-state index < -0.39 is 28.0 Å². The number of rotatable bonds is 3. The number of hydrogen-bond acceptors (Lipinski definition) is 4. The Labute approximate surface area is 114 Å². The number of nitro benzene ring substituents is 1. The van der Waals surface area contributed by atoms with Crippen molar-refractivity contribution >= 4 is 21.6 Å². The van der Waals surface area contributed by atoms with Crippen molar-refractivity contribution in [3.8, 4) is 11.5 Å². The summed E-state index contributed by atoms with van der Waals surface area (Å²) in [6.07, 6.45) is 2.73. The third kappa shape index (κ3) is 3.02. The van der Waals surface area contributed by atoms with E-state index in [4.69, 9.17) is 4.74 Å². The third-order valence-electron chi connectivity index (χ3n) is 2.08. The van der Waals surface area contributed by atoms with Gasteiger partial charge in [-0.2, -0.15) is 4.39 Å². The topological polar surface area (TPSA) is 65.3 Å². The van der Waals surface area contributed by atoms with Crippen molar-refractivity contribution in [1.82, 2.24) is 4.98 Å². The normalized spacial score (nSPS) is 10.3.